The highest BCUT2D eigenvalue weighted by molar-refractivity contribution is 6.13. The first-order valence-electron chi connectivity index (χ1n) is 9.53. The van der Waals surface area contributed by atoms with E-state index < -0.39 is 0 Å². The Morgan fingerprint density at radius 1 is 0.783 bits per heavy atom. The predicted molar refractivity (Wildman–Crippen MR) is 101 cm³/mol. The van der Waals surface area contributed by atoms with Gasteiger partial charge >= 0.3 is 0 Å². The van der Waals surface area contributed by atoms with E-state index in [0.717, 1.165) is 10.9 Å². The molecular formula is C19H42Cl2N2. The summed E-state index contributed by atoms with van der Waals surface area (Å²) in [7, 11) is 4.69. The molecule has 23 heavy (non-hydrogen) atoms. The molecule has 142 valence electrons. The second kappa shape index (κ2) is 14.8. The zero-order valence-corrected chi connectivity index (χ0v) is 17.9. The fourth-order valence-electron chi connectivity index (χ4n) is 2.77. The number of nitrogens with zero attached hydrogens (tertiary/aromatic N) is 1. The Labute approximate surface area is 157 Å². The highest BCUT2D eigenvalue weighted by atomic mass is 35.5. The number of hydrogen-bond donors (Lipinski definition) is 1. The summed E-state index contributed by atoms with van der Waals surface area (Å²) in [6.07, 6.45) is 15.3. The average molecular weight is 369 g/mol. The Morgan fingerprint density at radius 3 is 1.65 bits per heavy atom. The number of nitrogens with one attached hydrogen (secondary N) is 1. The van der Waals surface area contributed by atoms with Crippen LogP contribution in [0.2, 0.25) is 0 Å². The minimum atomic E-state index is 0. The van der Waals surface area contributed by atoms with Crippen molar-refractivity contribution in [1.82, 2.24) is 4.84 Å². The molecule has 4 heteroatoms. The van der Waals surface area contributed by atoms with Gasteiger partial charge < -0.3 is 16.9 Å². The van der Waals surface area contributed by atoms with Gasteiger partial charge in [0.25, 0.3) is 0 Å². The summed E-state index contributed by atoms with van der Waals surface area (Å²) in [5, 5.41) is 0. The third-order valence-corrected chi connectivity index (χ3v) is 5.23. The second-order valence-electron chi connectivity index (χ2n) is 8.29. The van der Waals surface area contributed by atoms with Crippen LogP contribution in [0.5, 0.6) is 0 Å². The van der Waals surface area contributed by atoms with Crippen LogP contribution in [0.15, 0.2) is 0 Å². The molecule has 0 aromatic rings. The molecule has 0 aromatic carbocycles. The van der Waals surface area contributed by atoms with Crippen molar-refractivity contribution in [2.45, 2.75) is 96.9 Å². The third-order valence-electron chi connectivity index (χ3n) is 4.71. The number of quaternary nitrogens is 1. The molecule has 0 fully saturated rings. The molecule has 0 unspecified atom stereocenters. The van der Waals surface area contributed by atoms with Crippen LogP contribution in [0, 0.1) is 0 Å². The number of unbranched alkanes of at least 4 members (excludes halogenated alkanes) is 9. The Morgan fingerprint density at radius 2 is 1.22 bits per heavy atom. The maximum Gasteiger partial charge on any atom is 0.0800 e. The normalized spacial score (nSPS) is 12.3. The van der Waals surface area contributed by atoms with E-state index in [4.69, 9.17) is 11.8 Å². The van der Waals surface area contributed by atoms with Crippen molar-refractivity contribution in [1.29, 1.82) is 0 Å². The molecule has 2 nitrogen and oxygen atoms in total. The average Bonchev–Trinajstić information content (AvgIpc) is 2.47. The standard InChI is InChI=1S/C19H42ClN2.ClH/c1-6-7-8-9-10-11-12-13-14-15-17-22(4,5)18-16-19(2,3)21-20;/h21H,6-18H2,1-5H3;1H/q+1;/p-1. The molecule has 0 spiro atoms. The molecule has 0 aliphatic heterocycles. The Hall–Kier alpha value is 0.500. The van der Waals surface area contributed by atoms with Crippen molar-refractivity contribution in [2.75, 3.05) is 27.2 Å². The summed E-state index contributed by atoms with van der Waals surface area (Å²) in [4.78, 5) is 2.88. The summed E-state index contributed by atoms with van der Waals surface area (Å²) in [6.45, 7) is 9.09. The van der Waals surface area contributed by atoms with Gasteiger partial charge in [0, 0.05) is 12.0 Å². The molecule has 0 saturated heterocycles. The van der Waals surface area contributed by atoms with Gasteiger partial charge in [-0.1, -0.05) is 58.3 Å². The van der Waals surface area contributed by atoms with E-state index in [1.165, 1.54) is 77.3 Å². The quantitative estimate of drug-likeness (QED) is 0.266. The van der Waals surface area contributed by atoms with E-state index in [0.29, 0.717) is 0 Å². The molecule has 0 saturated carbocycles. The lowest BCUT2D eigenvalue weighted by atomic mass is 10.0. The van der Waals surface area contributed by atoms with E-state index in [1.54, 1.807) is 0 Å². The lowest BCUT2D eigenvalue weighted by Crippen LogP contribution is -3.00. The Kier molecular flexibility index (Phi) is 16.6. The van der Waals surface area contributed by atoms with Crippen molar-refractivity contribution in [3.05, 3.63) is 0 Å². The minimum Gasteiger partial charge on any atom is -1.00 e. The number of rotatable bonds is 15. The lowest BCUT2D eigenvalue weighted by molar-refractivity contribution is -0.891. The van der Waals surface area contributed by atoms with Gasteiger partial charge in [-0.05, 0) is 38.5 Å². The van der Waals surface area contributed by atoms with Crippen LogP contribution >= 0.6 is 11.8 Å². The highest BCUT2D eigenvalue weighted by Gasteiger charge is 2.22. The zero-order valence-electron chi connectivity index (χ0n) is 16.4. The smallest absolute Gasteiger partial charge is 0.0800 e. The first-order chi connectivity index (χ1) is 10.3. The molecule has 0 aliphatic rings. The lowest BCUT2D eigenvalue weighted by Gasteiger charge is -2.33. The molecule has 0 amide bonds. The topological polar surface area (TPSA) is 12.0 Å². The van der Waals surface area contributed by atoms with Gasteiger partial charge in [0.1, 0.15) is 0 Å². The largest absolute Gasteiger partial charge is 1.00 e. The fraction of sp³-hybridized carbons (Fsp3) is 1.00. The van der Waals surface area contributed by atoms with Crippen molar-refractivity contribution in [3.8, 4) is 0 Å². The van der Waals surface area contributed by atoms with Gasteiger partial charge in [-0.2, -0.15) is 0 Å². The van der Waals surface area contributed by atoms with Gasteiger partial charge in [-0.25, -0.2) is 4.84 Å². The van der Waals surface area contributed by atoms with Crippen LogP contribution in [0.4, 0.5) is 0 Å². The summed E-state index contributed by atoms with van der Waals surface area (Å²) < 4.78 is 1.11. The van der Waals surface area contributed by atoms with Crippen molar-refractivity contribution >= 4 is 11.8 Å². The predicted octanol–water partition coefficient (Wildman–Crippen LogP) is 2.90. The highest BCUT2D eigenvalue weighted by Crippen LogP contribution is 2.15. The van der Waals surface area contributed by atoms with Crippen molar-refractivity contribution in [2.24, 2.45) is 0 Å². The fourth-order valence-corrected chi connectivity index (χ4v) is 2.86. The van der Waals surface area contributed by atoms with Crippen molar-refractivity contribution in [3.63, 3.8) is 0 Å². The van der Waals surface area contributed by atoms with Gasteiger partial charge in [0.05, 0.1) is 27.2 Å². The molecule has 0 radical (unpaired) electrons. The number of halogens is 2. The first-order valence-corrected chi connectivity index (χ1v) is 9.90. The summed E-state index contributed by atoms with van der Waals surface area (Å²) >= 11 is 5.78. The molecular weight excluding hydrogens is 327 g/mol. The SMILES string of the molecule is CCCCCCCCCCCC[N+](C)(C)CCC(C)(C)NCl.[Cl-]. The molecule has 0 aliphatic carbocycles. The van der Waals surface area contributed by atoms with Gasteiger partial charge in [-0.3, -0.25) is 0 Å². The Balaban J connectivity index is 0. The third kappa shape index (κ3) is 17.1. The van der Waals surface area contributed by atoms with Crippen molar-refractivity contribution < 1.29 is 16.9 Å². The maximum atomic E-state index is 5.78. The molecule has 0 heterocycles. The van der Waals surface area contributed by atoms with Gasteiger partial charge in [0.15, 0.2) is 0 Å². The van der Waals surface area contributed by atoms with E-state index in [1.807, 2.05) is 0 Å². The van der Waals surface area contributed by atoms with Crippen LogP contribution in [0.1, 0.15) is 91.4 Å². The molecule has 0 atom stereocenters. The van der Waals surface area contributed by atoms with E-state index >= 15 is 0 Å². The van der Waals surface area contributed by atoms with E-state index in [9.17, 15) is 0 Å². The molecule has 0 bridgehead atoms. The monoisotopic (exact) mass is 368 g/mol. The second-order valence-corrected chi connectivity index (χ2v) is 8.48. The molecule has 0 aromatic heterocycles. The molecule has 1 N–H and O–H groups in total. The summed E-state index contributed by atoms with van der Waals surface area (Å²) in [5.74, 6) is 0. The first kappa shape index (κ1) is 25.7. The maximum absolute atomic E-state index is 5.78. The Bertz CT molecular complexity index is 256. The minimum absolute atomic E-state index is 0. The summed E-state index contributed by atoms with van der Waals surface area (Å²) in [5.41, 5.74) is 0.0366. The van der Waals surface area contributed by atoms with Crippen LogP contribution in [0.3, 0.4) is 0 Å². The van der Waals surface area contributed by atoms with Crippen LogP contribution in [-0.4, -0.2) is 37.2 Å². The van der Waals surface area contributed by atoms with Gasteiger partial charge in [-0.15, -0.1) is 0 Å². The number of hydrogen-bond acceptors (Lipinski definition) is 1. The zero-order chi connectivity index (χ0) is 16.9. The van der Waals surface area contributed by atoms with E-state index in [-0.39, 0.29) is 17.9 Å². The van der Waals surface area contributed by atoms with Crippen LogP contribution < -0.4 is 17.2 Å². The summed E-state index contributed by atoms with van der Waals surface area (Å²) in [6, 6.07) is 0. The van der Waals surface area contributed by atoms with E-state index in [2.05, 4.69) is 39.7 Å². The van der Waals surface area contributed by atoms with Crippen LogP contribution in [-0.2, 0) is 0 Å². The van der Waals surface area contributed by atoms with Crippen LogP contribution in [0.25, 0.3) is 0 Å². The van der Waals surface area contributed by atoms with Gasteiger partial charge in [0.2, 0.25) is 0 Å². The molecule has 0 rings (SSSR count).